The topological polar surface area (TPSA) is 47.6 Å². The number of nitrogens with one attached hydrogen (secondary N) is 2. The van der Waals surface area contributed by atoms with E-state index in [4.69, 9.17) is 0 Å². The SMILES string of the molecule is Cl.Cl.O=C(CN1CCNCC1)N1CCC2(CCCNC2)C1. The van der Waals surface area contributed by atoms with E-state index in [1.807, 2.05) is 0 Å². The van der Waals surface area contributed by atoms with Crippen molar-refractivity contribution in [1.29, 1.82) is 0 Å². The van der Waals surface area contributed by atoms with E-state index in [2.05, 4.69) is 20.4 Å². The molecule has 1 unspecified atom stereocenters. The lowest BCUT2D eigenvalue weighted by Crippen LogP contribution is -2.49. The van der Waals surface area contributed by atoms with Gasteiger partial charge in [-0.2, -0.15) is 0 Å². The lowest BCUT2D eigenvalue weighted by molar-refractivity contribution is -0.132. The molecule has 0 aromatic heterocycles. The molecule has 1 amide bonds. The van der Waals surface area contributed by atoms with E-state index in [0.29, 0.717) is 17.9 Å². The maximum Gasteiger partial charge on any atom is 0.236 e. The first-order chi connectivity index (χ1) is 9.27. The first kappa shape index (κ1) is 19.0. The number of hydrogen-bond acceptors (Lipinski definition) is 4. The first-order valence-electron chi connectivity index (χ1n) is 7.69. The fraction of sp³-hybridized carbons (Fsp3) is 0.929. The molecular formula is C14H28Cl2N4O. The predicted octanol–water partition coefficient (Wildman–Crippen LogP) is 0.337. The van der Waals surface area contributed by atoms with Gasteiger partial charge in [-0.15, -0.1) is 24.8 Å². The average Bonchev–Trinajstić information content (AvgIpc) is 2.85. The van der Waals surface area contributed by atoms with Crippen molar-refractivity contribution < 1.29 is 4.79 Å². The Morgan fingerprint density at radius 2 is 1.76 bits per heavy atom. The Morgan fingerprint density at radius 3 is 2.43 bits per heavy atom. The number of halogens is 2. The van der Waals surface area contributed by atoms with E-state index in [9.17, 15) is 4.79 Å². The van der Waals surface area contributed by atoms with Crippen molar-refractivity contribution in [3.8, 4) is 0 Å². The highest BCUT2D eigenvalue weighted by Crippen LogP contribution is 2.36. The Balaban J connectivity index is 0.00000110. The van der Waals surface area contributed by atoms with Crippen LogP contribution in [0.3, 0.4) is 0 Å². The Kier molecular flexibility index (Phi) is 7.71. The molecule has 0 aromatic rings. The van der Waals surface area contributed by atoms with Crippen LogP contribution in [0, 0.1) is 5.41 Å². The molecule has 3 fully saturated rings. The van der Waals surface area contributed by atoms with Crippen LogP contribution in [0.25, 0.3) is 0 Å². The predicted molar refractivity (Wildman–Crippen MR) is 89.5 cm³/mol. The normalized spacial score (nSPS) is 29.8. The summed E-state index contributed by atoms with van der Waals surface area (Å²) in [5.41, 5.74) is 0.386. The van der Waals surface area contributed by atoms with Gasteiger partial charge < -0.3 is 15.5 Å². The Hall–Kier alpha value is -0.0700. The van der Waals surface area contributed by atoms with E-state index >= 15 is 0 Å². The van der Waals surface area contributed by atoms with Gasteiger partial charge in [0.05, 0.1) is 6.54 Å². The zero-order chi connectivity index (χ0) is 13.1. The van der Waals surface area contributed by atoms with Crippen LogP contribution in [0.5, 0.6) is 0 Å². The summed E-state index contributed by atoms with van der Waals surface area (Å²) in [5.74, 6) is 0.337. The standard InChI is InChI=1S/C14H26N4O.2ClH/c19-13(10-17-8-5-15-6-9-17)18-7-3-14(12-18)2-1-4-16-11-14;;/h15-16H,1-12H2;2*1H. The van der Waals surface area contributed by atoms with Crippen LogP contribution in [0.15, 0.2) is 0 Å². The van der Waals surface area contributed by atoms with Crippen molar-refractivity contribution in [2.45, 2.75) is 19.3 Å². The molecule has 1 atom stereocenters. The molecule has 21 heavy (non-hydrogen) atoms. The largest absolute Gasteiger partial charge is 0.341 e. The minimum Gasteiger partial charge on any atom is -0.341 e. The third-order valence-electron chi connectivity index (χ3n) is 4.92. The molecule has 1 spiro atoms. The molecule has 0 radical (unpaired) electrons. The molecule has 3 rings (SSSR count). The van der Waals surface area contributed by atoms with E-state index in [1.165, 1.54) is 19.3 Å². The van der Waals surface area contributed by atoms with E-state index in [1.54, 1.807) is 0 Å². The van der Waals surface area contributed by atoms with Gasteiger partial charge in [0, 0.05) is 51.2 Å². The van der Waals surface area contributed by atoms with Gasteiger partial charge in [0.15, 0.2) is 0 Å². The molecular weight excluding hydrogens is 311 g/mol. The monoisotopic (exact) mass is 338 g/mol. The lowest BCUT2D eigenvalue weighted by Gasteiger charge is -2.34. The zero-order valence-corrected chi connectivity index (χ0v) is 14.2. The summed E-state index contributed by atoms with van der Waals surface area (Å²) in [6.07, 6.45) is 3.74. The minimum atomic E-state index is 0. The summed E-state index contributed by atoms with van der Waals surface area (Å²) in [4.78, 5) is 16.8. The Labute approximate surface area is 140 Å². The fourth-order valence-corrected chi connectivity index (χ4v) is 3.69. The maximum absolute atomic E-state index is 12.4. The first-order valence-corrected chi connectivity index (χ1v) is 7.69. The van der Waals surface area contributed by atoms with Gasteiger partial charge in [0.25, 0.3) is 0 Å². The second kappa shape index (κ2) is 8.53. The molecule has 3 heterocycles. The van der Waals surface area contributed by atoms with Gasteiger partial charge >= 0.3 is 0 Å². The van der Waals surface area contributed by atoms with Crippen molar-refractivity contribution in [2.75, 3.05) is 58.9 Å². The highest BCUT2D eigenvalue weighted by molar-refractivity contribution is 5.85. The number of likely N-dealkylation sites (tertiary alicyclic amines) is 1. The van der Waals surface area contributed by atoms with Crippen molar-refractivity contribution in [3.05, 3.63) is 0 Å². The van der Waals surface area contributed by atoms with Gasteiger partial charge in [-0.25, -0.2) is 0 Å². The number of rotatable bonds is 2. The second-order valence-corrected chi connectivity index (χ2v) is 6.37. The molecule has 0 bridgehead atoms. The van der Waals surface area contributed by atoms with Gasteiger partial charge in [0.2, 0.25) is 5.91 Å². The number of carbonyl (C=O) groups excluding carboxylic acids is 1. The van der Waals surface area contributed by atoms with Gasteiger partial charge in [-0.05, 0) is 25.8 Å². The molecule has 2 N–H and O–H groups in total. The number of hydrogen-bond donors (Lipinski definition) is 2. The van der Waals surface area contributed by atoms with Crippen molar-refractivity contribution in [2.24, 2.45) is 5.41 Å². The smallest absolute Gasteiger partial charge is 0.236 e. The van der Waals surface area contributed by atoms with Crippen LogP contribution >= 0.6 is 24.8 Å². The molecule has 3 aliphatic heterocycles. The molecule has 3 aliphatic rings. The van der Waals surface area contributed by atoms with Crippen molar-refractivity contribution in [3.63, 3.8) is 0 Å². The quantitative estimate of drug-likeness (QED) is 0.762. The summed E-state index contributed by atoms with van der Waals surface area (Å²) in [6.45, 7) is 8.85. The number of piperidine rings is 1. The maximum atomic E-state index is 12.4. The molecule has 5 nitrogen and oxygen atoms in total. The molecule has 3 saturated heterocycles. The van der Waals surface area contributed by atoms with Crippen molar-refractivity contribution in [1.82, 2.24) is 20.4 Å². The van der Waals surface area contributed by atoms with Gasteiger partial charge in [0.1, 0.15) is 0 Å². The molecule has 0 aromatic carbocycles. The van der Waals surface area contributed by atoms with Crippen LogP contribution in [-0.2, 0) is 4.79 Å². The van der Waals surface area contributed by atoms with E-state index in [0.717, 1.165) is 52.4 Å². The van der Waals surface area contributed by atoms with E-state index < -0.39 is 0 Å². The van der Waals surface area contributed by atoms with Crippen LogP contribution in [0.1, 0.15) is 19.3 Å². The average molecular weight is 339 g/mol. The van der Waals surface area contributed by atoms with Crippen LogP contribution in [0.4, 0.5) is 0 Å². The van der Waals surface area contributed by atoms with Crippen LogP contribution < -0.4 is 10.6 Å². The summed E-state index contributed by atoms with van der Waals surface area (Å²) in [5, 5.41) is 6.83. The third kappa shape index (κ3) is 4.70. The molecule has 0 aliphatic carbocycles. The molecule has 7 heteroatoms. The summed E-state index contributed by atoms with van der Waals surface area (Å²) in [6, 6.07) is 0. The minimum absolute atomic E-state index is 0. The highest BCUT2D eigenvalue weighted by Gasteiger charge is 2.40. The summed E-state index contributed by atoms with van der Waals surface area (Å²) in [7, 11) is 0. The Bertz CT molecular complexity index is 331. The Morgan fingerprint density at radius 1 is 1.00 bits per heavy atom. The second-order valence-electron chi connectivity index (χ2n) is 6.37. The fourth-order valence-electron chi connectivity index (χ4n) is 3.69. The number of piperazine rings is 1. The van der Waals surface area contributed by atoms with Crippen molar-refractivity contribution >= 4 is 30.7 Å². The van der Waals surface area contributed by atoms with Crippen LogP contribution in [0.2, 0.25) is 0 Å². The number of carbonyl (C=O) groups is 1. The molecule has 0 saturated carbocycles. The lowest BCUT2D eigenvalue weighted by atomic mass is 9.80. The van der Waals surface area contributed by atoms with Gasteiger partial charge in [-0.3, -0.25) is 9.69 Å². The highest BCUT2D eigenvalue weighted by atomic mass is 35.5. The van der Waals surface area contributed by atoms with Crippen LogP contribution in [-0.4, -0.2) is 74.6 Å². The van der Waals surface area contributed by atoms with Gasteiger partial charge in [-0.1, -0.05) is 0 Å². The zero-order valence-electron chi connectivity index (χ0n) is 12.6. The third-order valence-corrected chi connectivity index (χ3v) is 4.92. The summed E-state index contributed by atoms with van der Waals surface area (Å²) < 4.78 is 0. The van der Waals surface area contributed by atoms with E-state index in [-0.39, 0.29) is 24.8 Å². The molecule has 124 valence electrons. The summed E-state index contributed by atoms with van der Waals surface area (Å²) >= 11 is 0. The number of amides is 1. The number of nitrogens with zero attached hydrogens (tertiary/aromatic N) is 2.